The van der Waals surface area contributed by atoms with Crippen molar-refractivity contribution in [3.05, 3.63) is 30.0 Å². The Balaban J connectivity index is 1.38. The van der Waals surface area contributed by atoms with Gasteiger partial charge in [-0.15, -0.1) is 0 Å². The zero-order valence-corrected chi connectivity index (χ0v) is 16.6. The minimum atomic E-state index is 0.0457. The molecule has 7 heteroatoms. The highest BCUT2D eigenvalue weighted by molar-refractivity contribution is 5.80. The summed E-state index contributed by atoms with van der Waals surface area (Å²) >= 11 is 0. The summed E-state index contributed by atoms with van der Waals surface area (Å²) in [6.07, 6.45) is 1.54. The molecule has 1 aromatic carbocycles. The van der Waals surface area contributed by atoms with Crippen molar-refractivity contribution in [3.63, 3.8) is 0 Å². The van der Waals surface area contributed by atoms with Crippen molar-refractivity contribution in [1.29, 1.82) is 0 Å². The molecule has 0 unspecified atom stereocenters. The number of piperidine rings is 1. The molecule has 28 heavy (non-hydrogen) atoms. The lowest BCUT2D eigenvalue weighted by Crippen LogP contribution is -2.52. The molecule has 2 aromatic rings. The van der Waals surface area contributed by atoms with Crippen LogP contribution < -0.4 is 4.90 Å². The molecule has 0 aliphatic carbocycles. The second-order valence-corrected chi connectivity index (χ2v) is 7.71. The van der Waals surface area contributed by atoms with E-state index in [1.807, 2.05) is 41.0 Å². The first-order chi connectivity index (χ1) is 13.5. The predicted molar refractivity (Wildman–Crippen MR) is 108 cm³/mol. The number of aromatic nitrogens is 2. The molecule has 0 N–H and O–H groups in total. The van der Waals surface area contributed by atoms with E-state index in [2.05, 4.69) is 9.88 Å². The van der Waals surface area contributed by atoms with Gasteiger partial charge in [-0.25, -0.2) is 9.97 Å². The van der Waals surface area contributed by atoms with E-state index in [0.29, 0.717) is 26.2 Å². The lowest BCUT2D eigenvalue weighted by atomic mass is 9.95. The number of aryl methyl sites for hydroxylation is 1. The van der Waals surface area contributed by atoms with Crippen LogP contribution in [0.1, 0.15) is 25.5 Å². The minimum absolute atomic E-state index is 0.0457. The summed E-state index contributed by atoms with van der Waals surface area (Å²) in [6.45, 7) is 7.93. The maximum absolute atomic E-state index is 12.9. The summed E-state index contributed by atoms with van der Waals surface area (Å²) in [5, 5.41) is 0. The van der Waals surface area contributed by atoms with E-state index in [-0.39, 0.29) is 17.7 Å². The van der Waals surface area contributed by atoms with Crippen LogP contribution in [0.3, 0.4) is 0 Å². The molecule has 2 amide bonds. The largest absolute Gasteiger partial charge is 0.352 e. The number of hydrogen-bond acceptors (Lipinski definition) is 5. The molecule has 7 nitrogen and oxygen atoms in total. The monoisotopic (exact) mass is 381 g/mol. The average molecular weight is 381 g/mol. The highest BCUT2D eigenvalue weighted by atomic mass is 16.2. The molecule has 148 valence electrons. The highest BCUT2D eigenvalue weighted by Crippen LogP contribution is 2.24. The topological polar surface area (TPSA) is 69.6 Å². The van der Waals surface area contributed by atoms with Gasteiger partial charge in [0.25, 0.3) is 0 Å². The summed E-state index contributed by atoms with van der Waals surface area (Å²) in [7, 11) is 0. The second-order valence-electron chi connectivity index (χ2n) is 7.71. The summed E-state index contributed by atoms with van der Waals surface area (Å²) in [6, 6.07) is 7.91. The number of amides is 2. The smallest absolute Gasteiger partial charge is 0.225 e. The molecule has 0 bridgehead atoms. The third-order valence-electron chi connectivity index (χ3n) is 5.90. The van der Waals surface area contributed by atoms with Gasteiger partial charge in [0, 0.05) is 52.1 Å². The quantitative estimate of drug-likeness (QED) is 0.794. The van der Waals surface area contributed by atoms with Gasteiger partial charge in [-0.2, -0.15) is 0 Å². The van der Waals surface area contributed by atoms with E-state index < -0.39 is 0 Å². The lowest BCUT2D eigenvalue weighted by Gasteiger charge is -2.39. The van der Waals surface area contributed by atoms with Crippen LogP contribution in [-0.2, 0) is 9.59 Å². The number of anilines is 1. The Morgan fingerprint density at radius 2 is 1.50 bits per heavy atom. The molecule has 0 saturated carbocycles. The maximum atomic E-state index is 12.9. The van der Waals surface area contributed by atoms with Crippen LogP contribution in [0.25, 0.3) is 11.0 Å². The number of nitrogens with zero attached hydrogens (tertiary/aromatic N) is 5. The fourth-order valence-electron chi connectivity index (χ4n) is 4.22. The molecule has 2 fully saturated rings. The molecule has 2 aliphatic heterocycles. The van der Waals surface area contributed by atoms with Gasteiger partial charge in [-0.1, -0.05) is 12.1 Å². The third-order valence-corrected chi connectivity index (χ3v) is 5.90. The van der Waals surface area contributed by atoms with E-state index in [4.69, 9.17) is 4.98 Å². The van der Waals surface area contributed by atoms with Gasteiger partial charge < -0.3 is 14.7 Å². The summed E-state index contributed by atoms with van der Waals surface area (Å²) in [5.74, 6) is 1.31. The van der Waals surface area contributed by atoms with E-state index in [9.17, 15) is 9.59 Å². The number of fused-ring (bicyclic) bond motifs is 1. The van der Waals surface area contributed by atoms with E-state index in [0.717, 1.165) is 48.5 Å². The fraction of sp³-hybridized carbons (Fsp3) is 0.524. The zero-order valence-electron chi connectivity index (χ0n) is 16.6. The minimum Gasteiger partial charge on any atom is -0.352 e. The number of piperazine rings is 1. The van der Waals surface area contributed by atoms with Crippen LogP contribution in [0.2, 0.25) is 0 Å². The van der Waals surface area contributed by atoms with Crippen LogP contribution in [0.4, 0.5) is 5.82 Å². The predicted octanol–water partition coefficient (Wildman–Crippen LogP) is 1.85. The van der Waals surface area contributed by atoms with E-state index in [1.54, 1.807) is 6.92 Å². The Labute approximate surface area is 165 Å². The van der Waals surface area contributed by atoms with Gasteiger partial charge in [0.1, 0.15) is 0 Å². The summed E-state index contributed by atoms with van der Waals surface area (Å²) in [5.41, 5.74) is 2.74. The molecule has 4 rings (SSSR count). The van der Waals surface area contributed by atoms with Crippen LogP contribution in [-0.4, -0.2) is 70.9 Å². The van der Waals surface area contributed by atoms with Crippen molar-refractivity contribution in [3.8, 4) is 0 Å². The fourth-order valence-corrected chi connectivity index (χ4v) is 4.22. The third kappa shape index (κ3) is 3.66. The van der Waals surface area contributed by atoms with Gasteiger partial charge in [0.2, 0.25) is 11.8 Å². The van der Waals surface area contributed by atoms with Crippen LogP contribution in [0.5, 0.6) is 0 Å². The van der Waals surface area contributed by atoms with Crippen molar-refractivity contribution in [2.24, 2.45) is 5.92 Å². The van der Waals surface area contributed by atoms with Crippen LogP contribution >= 0.6 is 0 Å². The molecular formula is C21H27N5O2. The lowest BCUT2D eigenvalue weighted by molar-refractivity contribution is -0.140. The number of carbonyl (C=O) groups excluding carboxylic acids is 2. The molecule has 3 heterocycles. The molecule has 0 spiro atoms. The van der Waals surface area contributed by atoms with Crippen molar-refractivity contribution < 1.29 is 9.59 Å². The van der Waals surface area contributed by atoms with Crippen molar-refractivity contribution in [2.75, 3.05) is 44.2 Å². The van der Waals surface area contributed by atoms with Gasteiger partial charge in [-0.05, 0) is 31.9 Å². The van der Waals surface area contributed by atoms with Gasteiger partial charge in [-0.3, -0.25) is 9.59 Å². The summed E-state index contributed by atoms with van der Waals surface area (Å²) in [4.78, 5) is 39.9. The van der Waals surface area contributed by atoms with Gasteiger partial charge >= 0.3 is 0 Å². The Hall–Kier alpha value is -2.70. The van der Waals surface area contributed by atoms with Crippen LogP contribution in [0, 0.1) is 12.8 Å². The Morgan fingerprint density at radius 1 is 0.893 bits per heavy atom. The Bertz CT molecular complexity index is 883. The van der Waals surface area contributed by atoms with E-state index >= 15 is 0 Å². The number of benzene rings is 1. The Kier molecular flexibility index (Phi) is 5.15. The zero-order chi connectivity index (χ0) is 19.7. The SMILES string of the molecule is CC(=O)N1CCC(C(=O)N2CCN(c3nc4ccccc4nc3C)CC2)CC1. The molecule has 1 aromatic heterocycles. The van der Waals surface area contributed by atoms with Gasteiger partial charge in [0.15, 0.2) is 5.82 Å². The molecule has 0 radical (unpaired) electrons. The first-order valence-electron chi connectivity index (χ1n) is 10.1. The molecule has 0 atom stereocenters. The molecule has 2 aliphatic rings. The summed E-state index contributed by atoms with van der Waals surface area (Å²) < 4.78 is 0. The van der Waals surface area contributed by atoms with Crippen molar-refractivity contribution in [2.45, 2.75) is 26.7 Å². The first-order valence-corrected chi connectivity index (χ1v) is 10.1. The van der Waals surface area contributed by atoms with Crippen LogP contribution in [0.15, 0.2) is 24.3 Å². The maximum Gasteiger partial charge on any atom is 0.225 e. The number of rotatable bonds is 2. The molecular weight excluding hydrogens is 354 g/mol. The Morgan fingerprint density at radius 3 is 2.11 bits per heavy atom. The average Bonchev–Trinajstić information content (AvgIpc) is 2.73. The van der Waals surface area contributed by atoms with Crippen molar-refractivity contribution >= 4 is 28.7 Å². The normalized spacial score (nSPS) is 18.6. The standard InChI is InChI=1S/C21H27N5O2/c1-15-20(23-19-6-4-3-5-18(19)22-15)25-11-13-26(14-12-25)21(28)17-7-9-24(10-8-17)16(2)27/h3-6,17H,7-14H2,1-2H3. The molecule has 2 saturated heterocycles. The first kappa shape index (κ1) is 18.7. The number of likely N-dealkylation sites (tertiary alicyclic amines) is 1. The second kappa shape index (κ2) is 7.73. The van der Waals surface area contributed by atoms with E-state index in [1.165, 1.54) is 0 Å². The number of hydrogen-bond donors (Lipinski definition) is 0. The highest BCUT2D eigenvalue weighted by Gasteiger charge is 2.31. The van der Waals surface area contributed by atoms with Gasteiger partial charge in [0.05, 0.1) is 16.7 Å². The van der Waals surface area contributed by atoms with Crippen molar-refractivity contribution in [1.82, 2.24) is 19.8 Å². The number of para-hydroxylation sites is 2. The number of carbonyl (C=O) groups is 2.